The van der Waals surface area contributed by atoms with Crippen molar-refractivity contribution in [2.24, 2.45) is 0 Å². The summed E-state index contributed by atoms with van der Waals surface area (Å²) in [5.74, 6) is 0.0441. The van der Waals surface area contributed by atoms with Crippen molar-refractivity contribution in [3.63, 3.8) is 0 Å². The van der Waals surface area contributed by atoms with Crippen molar-refractivity contribution in [2.75, 3.05) is 26.2 Å². The summed E-state index contributed by atoms with van der Waals surface area (Å²) in [6.45, 7) is 5.06. The molecule has 5 rings (SSSR count). The maximum absolute atomic E-state index is 12.5. The Morgan fingerprint density at radius 2 is 2.16 bits per heavy atom. The molecule has 3 aliphatic carbocycles. The zero-order valence-electron chi connectivity index (χ0n) is 11.2. The number of carbonyl (C=O) groups excluding carboxylic acids is 2. The van der Waals surface area contributed by atoms with E-state index in [4.69, 9.17) is 0 Å². The summed E-state index contributed by atoms with van der Waals surface area (Å²) >= 11 is 0. The SMILES string of the molecule is CC(=O)NC12CC(N3C[C@@H]4CNCCN4C3=O)(C1)C2. The average Bonchev–Trinajstić information content (AvgIpc) is 2.60. The van der Waals surface area contributed by atoms with E-state index >= 15 is 0 Å². The van der Waals surface area contributed by atoms with Crippen molar-refractivity contribution in [3.8, 4) is 0 Å². The third kappa shape index (κ3) is 1.40. The number of urea groups is 1. The number of hydrogen-bond donors (Lipinski definition) is 2. The van der Waals surface area contributed by atoms with Crippen LogP contribution in [-0.4, -0.2) is 65.0 Å². The Bertz CT molecular complexity index is 444. The standard InChI is InChI=1S/C13H20N4O2/c1-9(18)15-12-6-13(7-12,8-12)17-5-10-4-14-2-3-16(10)11(17)19/h10,14H,2-8H2,1H3,(H,15,18)/t10-,12?,13?/m0/s1. The number of piperazine rings is 1. The molecule has 1 atom stereocenters. The van der Waals surface area contributed by atoms with Gasteiger partial charge in [0.15, 0.2) is 0 Å². The van der Waals surface area contributed by atoms with Gasteiger partial charge < -0.3 is 20.4 Å². The lowest BCUT2D eigenvalue weighted by Crippen LogP contribution is -2.83. The molecule has 3 saturated carbocycles. The summed E-state index contributed by atoms with van der Waals surface area (Å²) in [5, 5.41) is 6.40. The van der Waals surface area contributed by atoms with E-state index in [0.29, 0.717) is 6.04 Å². The molecule has 0 aromatic rings. The van der Waals surface area contributed by atoms with Crippen molar-refractivity contribution >= 4 is 11.9 Å². The maximum Gasteiger partial charge on any atom is 0.320 e. The van der Waals surface area contributed by atoms with Gasteiger partial charge >= 0.3 is 6.03 Å². The summed E-state index contributed by atoms with van der Waals surface area (Å²) in [5.41, 5.74) is 0.0599. The van der Waals surface area contributed by atoms with Crippen molar-refractivity contribution in [2.45, 2.75) is 43.3 Å². The number of amides is 3. The van der Waals surface area contributed by atoms with Crippen LogP contribution in [-0.2, 0) is 4.79 Å². The van der Waals surface area contributed by atoms with Gasteiger partial charge in [-0.05, 0) is 19.3 Å². The number of nitrogens with one attached hydrogen (secondary N) is 2. The molecular formula is C13H20N4O2. The van der Waals surface area contributed by atoms with Crippen LogP contribution in [0.2, 0.25) is 0 Å². The molecule has 2 saturated heterocycles. The van der Waals surface area contributed by atoms with E-state index in [1.807, 2.05) is 4.90 Å². The zero-order chi connectivity index (χ0) is 13.3. The van der Waals surface area contributed by atoms with Gasteiger partial charge in [0.1, 0.15) is 0 Å². The number of nitrogens with zero attached hydrogens (tertiary/aromatic N) is 2. The van der Waals surface area contributed by atoms with E-state index < -0.39 is 0 Å². The molecule has 2 bridgehead atoms. The molecule has 0 radical (unpaired) electrons. The Morgan fingerprint density at radius 1 is 1.42 bits per heavy atom. The van der Waals surface area contributed by atoms with Crippen molar-refractivity contribution < 1.29 is 9.59 Å². The molecule has 2 heterocycles. The highest BCUT2D eigenvalue weighted by molar-refractivity contribution is 5.80. The van der Waals surface area contributed by atoms with Crippen LogP contribution in [0.5, 0.6) is 0 Å². The predicted molar refractivity (Wildman–Crippen MR) is 68.6 cm³/mol. The Kier molecular flexibility index (Phi) is 2.07. The minimum atomic E-state index is 0.00740. The van der Waals surface area contributed by atoms with Crippen LogP contribution in [0.4, 0.5) is 4.79 Å². The van der Waals surface area contributed by atoms with Crippen LogP contribution in [0.15, 0.2) is 0 Å². The van der Waals surface area contributed by atoms with E-state index in [2.05, 4.69) is 15.5 Å². The molecule has 6 heteroatoms. The van der Waals surface area contributed by atoms with Crippen LogP contribution < -0.4 is 10.6 Å². The molecule has 3 amide bonds. The lowest BCUT2D eigenvalue weighted by Gasteiger charge is -2.72. The van der Waals surface area contributed by atoms with Crippen LogP contribution in [0.25, 0.3) is 0 Å². The molecule has 104 valence electrons. The van der Waals surface area contributed by atoms with Crippen LogP contribution in [0.1, 0.15) is 26.2 Å². The van der Waals surface area contributed by atoms with Gasteiger partial charge in [0.05, 0.1) is 11.6 Å². The topological polar surface area (TPSA) is 64.7 Å². The summed E-state index contributed by atoms with van der Waals surface area (Å²) in [4.78, 5) is 27.7. The number of fused-ring (bicyclic) bond motifs is 1. The summed E-state index contributed by atoms with van der Waals surface area (Å²) in [6.07, 6.45) is 2.83. The molecule has 2 N–H and O–H groups in total. The molecule has 0 unspecified atom stereocenters. The molecule has 19 heavy (non-hydrogen) atoms. The number of hydrogen-bond acceptors (Lipinski definition) is 3. The van der Waals surface area contributed by atoms with E-state index in [9.17, 15) is 9.59 Å². The molecule has 0 spiro atoms. The molecular weight excluding hydrogens is 244 g/mol. The fourth-order valence-corrected chi connectivity index (χ4v) is 4.54. The van der Waals surface area contributed by atoms with Crippen molar-refractivity contribution in [1.82, 2.24) is 20.4 Å². The van der Waals surface area contributed by atoms with E-state index in [-0.39, 0.29) is 23.0 Å². The van der Waals surface area contributed by atoms with E-state index in [1.54, 1.807) is 6.92 Å². The van der Waals surface area contributed by atoms with Gasteiger partial charge in [0, 0.05) is 38.6 Å². The fraction of sp³-hybridized carbons (Fsp3) is 0.846. The predicted octanol–water partition coefficient (Wildman–Crippen LogP) is -0.493. The smallest absolute Gasteiger partial charge is 0.320 e. The van der Waals surface area contributed by atoms with Gasteiger partial charge in [0.25, 0.3) is 0 Å². The third-order valence-electron chi connectivity index (χ3n) is 5.24. The molecule has 0 aromatic carbocycles. The van der Waals surface area contributed by atoms with Crippen molar-refractivity contribution in [1.29, 1.82) is 0 Å². The summed E-state index contributed by atoms with van der Waals surface area (Å²) < 4.78 is 0. The minimum Gasteiger partial charge on any atom is -0.351 e. The number of rotatable bonds is 2. The third-order valence-corrected chi connectivity index (χ3v) is 5.24. The van der Waals surface area contributed by atoms with Crippen LogP contribution in [0, 0.1) is 0 Å². The first-order valence-electron chi connectivity index (χ1n) is 7.11. The fourth-order valence-electron chi connectivity index (χ4n) is 4.54. The Balaban J connectivity index is 1.46. The van der Waals surface area contributed by atoms with Gasteiger partial charge in [-0.3, -0.25) is 4.79 Å². The Labute approximate surface area is 112 Å². The summed E-state index contributed by atoms with van der Waals surface area (Å²) in [7, 11) is 0. The first-order chi connectivity index (χ1) is 9.04. The second-order valence-corrected chi connectivity index (χ2v) is 6.66. The molecule has 6 nitrogen and oxygen atoms in total. The highest BCUT2D eigenvalue weighted by Gasteiger charge is 2.73. The average molecular weight is 264 g/mol. The largest absolute Gasteiger partial charge is 0.351 e. The van der Waals surface area contributed by atoms with E-state index in [0.717, 1.165) is 45.4 Å². The quantitative estimate of drug-likeness (QED) is 0.707. The number of carbonyl (C=O) groups is 2. The first-order valence-corrected chi connectivity index (χ1v) is 7.11. The second-order valence-electron chi connectivity index (χ2n) is 6.66. The highest BCUT2D eigenvalue weighted by atomic mass is 16.2. The molecule has 5 aliphatic rings. The van der Waals surface area contributed by atoms with Gasteiger partial charge in [-0.15, -0.1) is 0 Å². The lowest BCUT2D eigenvalue weighted by atomic mass is 9.43. The first kappa shape index (κ1) is 11.5. The highest BCUT2D eigenvalue weighted by Crippen LogP contribution is 2.64. The van der Waals surface area contributed by atoms with Gasteiger partial charge in [-0.2, -0.15) is 0 Å². The normalized spacial score (nSPS) is 43.4. The molecule has 0 aromatic heterocycles. The van der Waals surface area contributed by atoms with Crippen LogP contribution in [0.3, 0.4) is 0 Å². The molecule has 2 aliphatic heterocycles. The van der Waals surface area contributed by atoms with Gasteiger partial charge in [-0.1, -0.05) is 0 Å². The summed E-state index contributed by atoms with van der Waals surface area (Å²) in [6, 6.07) is 0.551. The zero-order valence-corrected chi connectivity index (χ0v) is 11.2. The molecule has 5 fully saturated rings. The Hall–Kier alpha value is -1.30. The van der Waals surface area contributed by atoms with Gasteiger partial charge in [-0.25, -0.2) is 4.79 Å². The lowest BCUT2D eigenvalue weighted by molar-refractivity contribution is -0.164. The Morgan fingerprint density at radius 3 is 2.79 bits per heavy atom. The second kappa shape index (κ2) is 3.42. The van der Waals surface area contributed by atoms with Crippen molar-refractivity contribution in [3.05, 3.63) is 0 Å². The van der Waals surface area contributed by atoms with E-state index in [1.165, 1.54) is 0 Å². The monoisotopic (exact) mass is 264 g/mol. The van der Waals surface area contributed by atoms with Gasteiger partial charge in [0.2, 0.25) is 5.91 Å². The minimum absolute atomic E-state index is 0.00740. The van der Waals surface area contributed by atoms with Crippen LogP contribution >= 0.6 is 0 Å². The maximum atomic E-state index is 12.5.